The SMILES string of the molecule is CCOC(=O)c1cc(Oc2cccc(NCCN)c2)nc(Oc2cc(C#N)ccc2OCc2ccccc2)c1. The van der Waals surface area contributed by atoms with Gasteiger partial charge in [0.1, 0.15) is 12.4 Å². The maximum absolute atomic E-state index is 12.6. The fraction of sp³-hybridized carbons (Fsp3) is 0.167. The van der Waals surface area contributed by atoms with Gasteiger partial charge >= 0.3 is 5.97 Å². The third kappa shape index (κ3) is 7.71. The number of esters is 1. The third-order valence-corrected chi connectivity index (χ3v) is 5.34. The van der Waals surface area contributed by atoms with E-state index in [1.165, 1.54) is 12.1 Å². The van der Waals surface area contributed by atoms with Crippen LogP contribution in [-0.2, 0) is 11.3 Å². The second kappa shape index (κ2) is 13.5. The Hall–Kier alpha value is -5.07. The van der Waals surface area contributed by atoms with Gasteiger partial charge in [0.15, 0.2) is 11.5 Å². The Morgan fingerprint density at radius 1 is 0.949 bits per heavy atom. The lowest BCUT2D eigenvalue weighted by atomic mass is 10.2. The summed E-state index contributed by atoms with van der Waals surface area (Å²) in [6.45, 7) is 3.30. The highest BCUT2D eigenvalue weighted by Crippen LogP contribution is 2.34. The number of ether oxygens (including phenoxy) is 4. The zero-order valence-corrected chi connectivity index (χ0v) is 21.4. The number of aromatic nitrogens is 1. The van der Waals surface area contributed by atoms with Crippen LogP contribution in [0.1, 0.15) is 28.4 Å². The number of carbonyl (C=O) groups excluding carboxylic acids is 1. The second-order valence-corrected chi connectivity index (χ2v) is 8.25. The van der Waals surface area contributed by atoms with Crippen LogP contribution in [-0.4, -0.2) is 30.6 Å². The Morgan fingerprint density at radius 2 is 1.74 bits per heavy atom. The topological polar surface area (TPSA) is 129 Å². The molecule has 0 atom stereocenters. The van der Waals surface area contributed by atoms with Gasteiger partial charge in [-0.2, -0.15) is 10.2 Å². The highest BCUT2D eigenvalue weighted by Gasteiger charge is 2.16. The first-order valence-electron chi connectivity index (χ1n) is 12.4. The van der Waals surface area contributed by atoms with Gasteiger partial charge < -0.3 is 30.0 Å². The third-order valence-electron chi connectivity index (χ3n) is 5.34. The lowest BCUT2D eigenvalue weighted by Gasteiger charge is -2.14. The van der Waals surface area contributed by atoms with E-state index in [0.717, 1.165) is 11.3 Å². The summed E-state index contributed by atoms with van der Waals surface area (Å²) < 4.78 is 23.2. The molecule has 39 heavy (non-hydrogen) atoms. The van der Waals surface area contributed by atoms with Crippen molar-refractivity contribution in [2.24, 2.45) is 5.73 Å². The fourth-order valence-electron chi connectivity index (χ4n) is 3.55. The minimum Gasteiger partial charge on any atom is -0.485 e. The molecule has 0 bridgehead atoms. The molecular weight excluding hydrogens is 496 g/mol. The molecule has 0 fully saturated rings. The van der Waals surface area contributed by atoms with Crippen molar-refractivity contribution in [1.82, 2.24) is 4.98 Å². The van der Waals surface area contributed by atoms with E-state index in [0.29, 0.717) is 36.8 Å². The minimum atomic E-state index is -0.556. The molecule has 3 N–H and O–H groups in total. The molecule has 0 saturated heterocycles. The van der Waals surface area contributed by atoms with Gasteiger partial charge in [0.2, 0.25) is 11.8 Å². The van der Waals surface area contributed by atoms with E-state index in [1.807, 2.05) is 42.5 Å². The first-order valence-corrected chi connectivity index (χ1v) is 12.4. The van der Waals surface area contributed by atoms with Crippen molar-refractivity contribution in [1.29, 1.82) is 5.26 Å². The van der Waals surface area contributed by atoms with Crippen LogP contribution in [0.4, 0.5) is 5.69 Å². The van der Waals surface area contributed by atoms with Crippen molar-refractivity contribution in [2.45, 2.75) is 13.5 Å². The molecule has 0 saturated carbocycles. The first-order chi connectivity index (χ1) is 19.1. The summed E-state index contributed by atoms with van der Waals surface area (Å²) in [7, 11) is 0. The average Bonchev–Trinajstić information content (AvgIpc) is 2.96. The van der Waals surface area contributed by atoms with Gasteiger partial charge in [-0.25, -0.2) is 4.79 Å². The highest BCUT2D eigenvalue weighted by molar-refractivity contribution is 5.90. The Morgan fingerprint density at radius 3 is 2.49 bits per heavy atom. The smallest absolute Gasteiger partial charge is 0.338 e. The van der Waals surface area contributed by atoms with Crippen LogP contribution in [0.3, 0.4) is 0 Å². The van der Waals surface area contributed by atoms with Crippen molar-refractivity contribution in [3.63, 3.8) is 0 Å². The molecule has 0 aliphatic heterocycles. The van der Waals surface area contributed by atoms with Crippen LogP contribution < -0.4 is 25.3 Å². The lowest BCUT2D eigenvalue weighted by molar-refractivity contribution is 0.0525. The van der Waals surface area contributed by atoms with Crippen LogP contribution in [0.2, 0.25) is 0 Å². The Kier molecular flexibility index (Phi) is 9.32. The van der Waals surface area contributed by atoms with Crippen molar-refractivity contribution in [3.05, 3.63) is 102 Å². The van der Waals surface area contributed by atoms with E-state index in [-0.39, 0.29) is 29.7 Å². The van der Waals surface area contributed by atoms with Gasteiger partial charge in [-0.15, -0.1) is 0 Å². The van der Waals surface area contributed by atoms with Gasteiger partial charge in [-0.05, 0) is 36.8 Å². The van der Waals surface area contributed by atoms with E-state index >= 15 is 0 Å². The molecule has 0 aliphatic rings. The number of hydrogen-bond donors (Lipinski definition) is 2. The second-order valence-electron chi connectivity index (χ2n) is 8.25. The summed E-state index contributed by atoms with van der Waals surface area (Å²) in [6, 6.07) is 26.8. The van der Waals surface area contributed by atoms with E-state index in [2.05, 4.69) is 16.4 Å². The Labute approximate surface area is 226 Å². The van der Waals surface area contributed by atoms with Crippen molar-refractivity contribution >= 4 is 11.7 Å². The fourth-order valence-corrected chi connectivity index (χ4v) is 3.55. The molecule has 0 radical (unpaired) electrons. The summed E-state index contributed by atoms with van der Waals surface area (Å²) in [5.41, 5.74) is 7.93. The average molecular weight is 525 g/mol. The number of nitrogens with zero attached hydrogens (tertiary/aromatic N) is 2. The maximum atomic E-state index is 12.6. The van der Waals surface area contributed by atoms with Crippen molar-refractivity contribution < 1.29 is 23.7 Å². The summed E-state index contributed by atoms with van der Waals surface area (Å²) in [5.74, 6) is 0.788. The van der Waals surface area contributed by atoms with Crippen LogP contribution in [0.25, 0.3) is 0 Å². The van der Waals surface area contributed by atoms with Gasteiger partial charge in [-0.1, -0.05) is 36.4 Å². The number of nitrogens with one attached hydrogen (secondary N) is 1. The molecular formula is C30H28N4O5. The first kappa shape index (κ1) is 27.0. The van der Waals surface area contributed by atoms with Crippen molar-refractivity contribution in [3.8, 4) is 35.1 Å². The van der Waals surface area contributed by atoms with E-state index < -0.39 is 5.97 Å². The molecule has 1 aromatic heterocycles. The van der Waals surface area contributed by atoms with Crippen molar-refractivity contribution in [2.75, 3.05) is 25.0 Å². The van der Waals surface area contributed by atoms with Crippen LogP contribution in [0.15, 0.2) is 84.9 Å². The van der Waals surface area contributed by atoms with Gasteiger partial charge in [0.05, 0.1) is 23.8 Å². The highest BCUT2D eigenvalue weighted by atomic mass is 16.5. The molecule has 3 aromatic carbocycles. The molecule has 198 valence electrons. The van der Waals surface area contributed by atoms with E-state index in [1.54, 1.807) is 37.3 Å². The number of nitriles is 1. The zero-order valence-electron chi connectivity index (χ0n) is 21.4. The number of pyridine rings is 1. The van der Waals surface area contributed by atoms with Gasteiger partial charge in [0, 0.05) is 43.0 Å². The quantitative estimate of drug-likeness (QED) is 0.225. The molecule has 0 unspecified atom stereocenters. The molecule has 0 amide bonds. The molecule has 4 rings (SSSR count). The Bertz CT molecular complexity index is 1450. The standard InChI is InChI=1S/C30H28N4O5/c1-2-36-30(35)23-16-28(38-25-10-6-9-24(18-25)33-14-13-31)34-29(17-23)39-27-15-22(19-32)11-12-26(27)37-20-21-7-4-3-5-8-21/h3-12,15-18,33H,2,13-14,20,31H2,1H3. The lowest BCUT2D eigenvalue weighted by Crippen LogP contribution is -2.12. The summed E-state index contributed by atoms with van der Waals surface area (Å²) in [6.07, 6.45) is 0. The molecule has 9 nitrogen and oxygen atoms in total. The normalized spacial score (nSPS) is 10.3. The number of rotatable bonds is 12. The zero-order chi connectivity index (χ0) is 27.5. The van der Waals surface area contributed by atoms with Crippen LogP contribution >= 0.6 is 0 Å². The largest absolute Gasteiger partial charge is 0.485 e. The van der Waals surface area contributed by atoms with Gasteiger partial charge in [0.25, 0.3) is 0 Å². The summed E-state index contributed by atoms with van der Waals surface area (Å²) >= 11 is 0. The molecule has 9 heteroatoms. The maximum Gasteiger partial charge on any atom is 0.338 e. The predicted octanol–water partition coefficient (Wildman–Crippen LogP) is 5.66. The van der Waals surface area contributed by atoms with Crippen LogP contribution in [0.5, 0.6) is 29.0 Å². The van der Waals surface area contributed by atoms with E-state index in [4.69, 9.17) is 24.7 Å². The van der Waals surface area contributed by atoms with Crippen LogP contribution in [0, 0.1) is 11.3 Å². The molecule has 1 heterocycles. The predicted molar refractivity (Wildman–Crippen MR) is 146 cm³/mol. The number of anilines is 1. The minimum absolute atomic E-state index is 0.0626. The molecule has 0 spiro atoms. The summed E-state index contributed by atoms with van der Waals surface area (Å²) in [4.78, 5) is 17.0. The van der Waals surface area contributed by atoms with E-state index in [9.17, 15) is 10.1 Å². The Balaban J connectivity index is 1.64. The molecule has 0 aliphatic carbocycles. The van der Waals surface area contributed by atoms with Gasteiger partial charge in [-0.3, -0.25) is 0 Å². The molecule has 4 aromatic rings. The summed E-state index contributed by atoms with van der Waals surface area (Å²) in [5, 5.41) is 12.6. The number of nitrogens with two attached hydrogens (primary N) is 1. The number of carbonyl (C=O) groups is 1. The monoisotopic (exact) mass is 524 g/mol. The number of hydrogen-bond acceptors (Lipinski definition) is 9. The number of benzene rings is 3.